The maximum Gasteiger partial charge on any atom is 0.328 e. The molecule has 0 amide bonds. The van der Waals surface area contributed by atoms with Gasteiger partial charge in [-0.25, -0.2) is 4.79 Å². The van der Waals surface area contributed by atoms with Gasteiger partial charge in [-0.2, -0.15) is 9.97 Å². The van der Waals surface area contributed by atoms with Gasteiger partial charge in [0.2, 0.25) is 0 Å². The van der Waals surface area contributed by atoms with Crippen LogP contribution in [0.2, 0.25) is 0 Å². The van der Waals surface area contributed by atoms with Crippen LogP contribution >= 0.6 is 11.6 Å². The number of alkyl halides is 1. The molecular formula is C32H41ClN6O5. The molecule has 0 atom stereocenters. The summed E-state index contributed by atoms with van der Waals surface area (Å²) in [5.74, 6) is 1.27. The number of aromatic nitrogens is 4. The van der Waals surface area contributed by atoms with Crippen molar-refractivity contribution in [3.8, 4) is 11.8 Å². The van der Waals surface area contributed by atoms with Crippen molar-refractivity contribution in [3.63, 3.8) is 0 Å². The Kier molecular flexibility index (Phi) is 12.4. The van der Waals surface area contributed by atoms with E-state index < -0.39 is 0 Å². The number of benzene rings is 2. The van der Waals surface area contributed by atoms with E-state index in [-0.39, 0.29) is 29.9 Å². The molecule has 0 saturated heterocycles. The second-order valence-electron chi connectivity index (χ2n) is 10.5. The molecule has 236 valence electrons. The van der Waals surface area contributed by atoms with Gasteiger partial charge in [-0.15, -0.1) is 11.6 Å². The number of methoxy groups -OCH3 is 1. The minimum atomic E-state index is -0.319. The van der Waals surface area contributed by atoms with Crippen LogP contribution in [-0.4, -0.2) is 69.7 Å². The lowest BCUT2D eigenvalue weighted by Crippen LogP contribution is -2.27. The molecule has 44 heavy (non-hydrogen) atoms. The third kappa shape index (κ3) is 9.45. The maximum atomic E-state index is 12.7. The van der Waals surface area contributed by atoms with Crippen molar-refractivity contribution >= 4 is 34.6 Å². The molecule has 3 N–H and O–H groups in total. The van der Waals surface area contributed by atoms with Gasteiger partial charge in [-0.1, -0.05) is 49.7 Å². The smallest absolute Gasteiger partial charge is 0.328 e. The van der Waals surface area contributed by atoms with Gasteiger partial charge >= 0.3 is 17.7 Å². The molecule has 12 heteroatoms. The van der Waals surface area contributed by atoms with Crippen LogP contribution in [0.3, 0.4) is 0 Å². The highest BCUT2D eigenvalue weighted by atomic mass is 35.5. The van der Waals surface area contributed by atoms with Crippen molar-refractivity contribution < 1.29 is 19.0 Å². The molecule has 0 aliphatic rings. The zero-order chi connectivity index (χ0) is 31.3. The van der Waals surface area contributed by atoms with Crippen molar-refractivity contribution in [3.05, 3.63) is 75.7 Å². The average Bonchev–Trinajstić information content (AvgIpc) is 3.34. The van der Waals surface area contributed by atoms with E-state index in [0.717, 1.165) is 67.8 Å². The third-order valence-electron chi connectivity index (χ3n) is 7.09. The first kappa shape index (κ1) is 32.8. The van der Waals surface area contributed by atoms with E-state index in [1.807, 2.05) is 36.4 Å². The standard InChI is InChI=1S/C32H41ClN6O5/c1-3-4-17-44-31-36-29(34)28-30(37-31)39(32(41)35-28)22-23-10-12-26(13-11-23)43-18-7-16-38(15-6-14-33)21-25-9-5-8-24(19-25)20-27(40)42-2/h5,8-13,19H,3-4,6-7,14-18,20-22H2,1-2H3,(H,35,41)(H2,34,36,37). The van der Waals surface area contributed by atoms with Crippen LogP contribution in [0.5, 0.6) is 11.8 Å². The second kappa shape index (κ2) is 16.7. The van der Waals surface area contributed by atoms with Crippen LogP contribution in [-0.2, 0) is 29.0 Å². The number of imidazole rings is 1. The highest BCUT2D eigenvalue weighted by Crippen LogP contribution is 2.20. The predicted molar refractivity (Wildman–Crippen MR) is 171 cm³/mol. The first-order valence-corrected chi connectivity index (χ1v) is 15.5. The number of hydrogen-bond donors (Lipinski definition) is 2. The lowest BCUT2D eigenvalue weighted by atomic mass is 10.1. The molecule has 0 aliphatic heterocycles. The number of anilines is 1. The number of nitrogens with zero attached hydrogens (tertiary/aromatic N) is 4. The zero-order valence-electron chi connectivity index (χ0n) is 25.4. The molecular weight excluding hydrogens is 584 g/mol. The Morgan fingerprint density at radius 1 is 1.00 bits per heavy atom. The Bertz CT molecular complexity index is 1560. The summed E-state index contributed by atoms with van der Waals surface area (Å²) in [7, 11) is 1.40. The monoisotopic (exact) mass is 624 g/mol. The fraction of sp³-hybridized carbons (Fsp3) is 0.438. The average molecular weight is 625 g/mol. The van der Waals surface area contributed by atoms with Crippen LogP contribution in [0.15, 0.2) is 53.3 Å². The number of nitrogen functional groups attached to an aromatic ring is 1. The van der Waals surface area contributed by atoms with Crippen molar-refractivity contribution in [1.82, 2.24) is 24.4 Å². The molecule has 0 spiro atoms. The van der Waals surface area contributed by atoms with Gasteiger partial charge in [0.25, 0.3) is 0 Å². The molecule has 0 saturated carbocycles. The lowest BCUT2D eigenvalue weighted by molar-refractivity contribution is -0.139. The highest BCUT2D eigenvalue weighted by molar-refractivity contribution is 6.17. The normalized spacial score (nSPS) is 11.3. The number of halogens is 1. The number of esters is 1. The Balaban J connectivity index is 1.31. The Morgan fingerprint density at radius 3 is 2.50 bits per heavy atom. The molecule has 0 fully saturated rings. The predicted octanol–water partition coefficient (Wildman–Crippen LogP) is 4.54. The number of carbonyl (C=O) groups is 1. The number of carbonyl (C=O) groups excluding carboxylic acids is 1. The third-order valence-corrected chi connectivity index (χ3v) is 7.36. The quantitative estimate of drug-likeness (QED) is 0.0928. The van der Waals surface area contributed by atoms with E-state index in [2.05, 4.69) is 38.9 Å². The van der Waals surface area contributed by atoms with Gasteiger partial charge < -0.3 is 24.9 Å². The second-order valence-corrected chi connectivity index (χ2v) is 10.9. The van der Waals surface area contributed by atoms with E-state index in [1.54, 1.807) is 0 Å². The van der Waals surface area contributed by atoms with E-state index in [1.165, 1.54) is 11.7 Å². The van der Waals surface area contributed by atoms with Crippen molar-refractivity contribution in [2.45, 2.75) is 52.1 Å². The summed E-state index contributed by atoms with van der Waals surface area (Å²) in [6.07, 6.45) is 3.83. The Morgan fingerprint density at radius 2 is 1.75 bits per heavy atom. The molecule has 0 aliphatic carbocycles. The Hall–Kier alpha value is -4.09. The number of unbranched alkanes of at least 4 members (excludes halogenated alkanes) is 1. The van der Waals surface area contributed by atoms with Gasteiger partial charge in [-0.3, -0.25) is 14.3 Å². The van der Waals surface area contributed by atoms with Crippen LogP contribution in [0.1, 0.15) is 49.3 Å². The molecule has 11 nitrogen and oxygen atoms in total. The van der Waals surface area contributed by atoms with E-state index in [4.69, 9.17) is 31.5 Å². The SMILES string of the molecule is CCCCOc1nc(N)c2[nH]c(=O)n(Cc3ccc(OCCCN(CCCCl)Cc4cccc(CC(=O)OC)c4)cc3)c2n1. The highest BCUT2D eigenvalue weighted by Gasteiger charge is 2.15. The number of ether oxygens (including phenoxy) is 3. The number of aromatic amines is 1. The first-order valence-electron chi connectivity index (χ1n) is 14.9. The molecule has 0 bridgehead atoms. The molecule has 0 unspecified atom stereocenters. The fourth-order valence-electron chi connectivity index (χ4n) is 4.79. The molecule has 2 heterocycles. The molecule has 4 aromatic rings. The summed E-state index contributed by atoms with van der Waals surface area (Å²) in [6, 6.07) is 15.8. The van der Waals surface area contributed by atoms with E-state index in [9.17, 15) is 9.59 Å². The van der Waals surface area contributed by atoms with Crippen molar-refractivity contribution in [2.75, 3.05) is 45.0 Å². The largest absolute Gasteiger partial charge is 0.494 e. The van der Waals surface area contributed by atoms with Gasteiger partial charge in [0.1, 0.15) is 11.3 Å². The van der Waals surface area contributed by atoms with Gasteiger partial charge in [0.05, 0.1) is 33.3 Å². The Labute approximate surface area is 262 Å². The van der Waals surface area contributed by atoms with Crippen LogP contribution in [0.4, 0.5) is 5.82 Å². The summed E-state index contributed by atoms with van der Waals surface area (Å²) in [5, 5.41) is 0. The number of H-pyrrole nitrogens is 1. The zero-order valence-corrected chi connectivity index (χ0v) is 26.1. The summed E-state index contributed by atoms with van der Waals surface area (Å²) >= 11 is 5.98. The molecule has 2 aromatic heterocycles. The maximum absolute atomic E-state index is 12.7. The molecule has 4 rings (SSSR count). The van der Waals surface area contributed by atoms with E-state index >= 15 is 0 Å². The summed E-state index contributed by atoms with van der Waals surface area (Å²) in [4.78, 5) is 38.1. The van der Waals surface area contributed by atoms with Crippen LogP contribution in [0.25, 0.3) is 11.2 Å². The van der Waals surface area contributed by atoms with Crippen LogP contribution < -0.4 is 20.9 Å². The minimum Gasteiger partial charge on any atom is -0.494 e. The summed E-state index contributed by atoms with van der Waals surface area (Å²) in [5.41, 5.74) is 9.54. The van der Waals surface area contributed by atoms with Gasteiger partial charge in [0, 0.05) is 19.0 Å². The number of nitrogens with one attached hydrogen (secondary N) is 1. The minimum absolute atomic E-state index is 0.160. The van der Waals surface area contributed by atoms with E-state index in [0.29, 0.717) is 36.8 Å². The number of nitrogens with two attached hydrogens (primary N) is 1. The van der Waals surface area contributed by atoms with Gasteiger partial charge in [-0.05, 0) is 54.6 Å². The van der Waals surface area contributed by atoms with Gasteiger partial charge in [0.15, 0.2) is 11.5 Å². The summed E-state index contributed by atoms with van der Waals surface area (Å²) < 4.78 is 18.0. The topological polar surface area (TPSA) is 138 Å². The van der Waals surface area contributed by atoms with Crippen molar-refractivity contribution in [2.24, 2.45) is 0 Å². The lowest BCUT2D eigenvalue weighted by Gasteiger charge is -2.22. The number of rotatable bonds is 18. The number of fused-ring (bicyclic) bond motifs is 1. The number of hydrogen-bond acceptors (Lipinski definition) is 9. The molecule has 0 radical (unpaired) electrons. The fourth-order valence-corrected chi connectivity index (χ4v) is 4.91. The first-order chi connectivity index (χ1) is 21.4. The van der Waals surface area contributed by atoms with Crippen molar-refractivity contribution in [1.29, 1.82) is 0 Å². The van der Waals surface area contributed by atoms with Crippen LogP contribution in [0, 0.1) is 0 Å². The molecule has 2 aromatic carbocycles. The summed E-state index contributed by atoms with van der Waals surface area (Å²) in [6.45, 7) is 5.88.